The van der Waals surface area contributed by atoms with Crippen molar-refractivity contribution >= 4 is 17.4 Å². The smallest absolute Gasteiger partial charge is 0.216 e. The van der Waals surface area contributed by atoms with Gasteiger partial charge in [0.2, 0.25) is 5.91 Å². The predicted octanol–water partition coefficient (Wildman–Crippen LogP) is 0.978. The summed E-state index contributed by atoms with van der Waals surface area (Å²) in [5.41, 5.74) is 6.64. The molecule has 3 N–H and O–H groups in total. The summed E-state index contributed by atoms with van der Waals surface area (Å²) in [6, 6.07) is 6.92. The minimum atomic E-state index is -0.135. The highest BCUT2D eigenvalue weighted by atomic mass is 16.1. The lowest BCUT2D eigenvalue weighted by Crippen LogP contribution is -2.23. The van der Waals surface area contributed by atoms with Gasteiger partial charge in [0.15, 0.2) is 5.78 Å². The second kappa shape index (κ2) is 5.14. The first-order valence-electron chi connectivity index (χ1n) is 4.73. The lowest BCUT2D eigenvalue weighted by atomic mass is 10.1. The Kier molecular flexibility index (Phi) is 3.85. The number of nitrogens with two attached hydrogens (primary N) is 1. The van der Waals surface area contributed by atoms with Gasteiger partial charge in [-0.05, 0) is 12.1 Å². The van der Waals surface area contributed by atoms with Gasteiger partial charge in [0.05, 0.1) is 0 Å². The van der Waals surface area contributed by atoms with Gasteiger partial charge in [-0.25, -0.2) is 0 Å². The van der Waals surface area contributed by atoms with Crippen LogP contribution in [0.3, 0.4) is 0 Å². The number of rotatable bonds is 4. The highest BCUT2D eigenvalue weighted by Gasteiger charge is 2.08. The van der Waals surface area contributed by atoms with Crippen LogP contribution in [-0.2, 0) is 4.79 Å². The first kappa shape index (κ1) is 11.2. The summed E-state index contributed by atoms with van der Waals surface area (Å²) in [7, 11) is 0. The average Bonchev–Trinajstić information content (AvgIpc) is 2.17. The number of carbonyl (C=O) groups excluding carboxylic acids is 2. The Bertz CT molecular complexity index is 375. The van der Waals surface area contributed by atoms with E-state index < -0.39 is 0 Å². The van der Waals surface area contributed by atoms with E-state index >= 15 is 0 Å². The van der Waals surface area contributed by atoms with Gasteiger partial charge in [-0.2, -0.15) is 0 Å². The van der Waals surface area contributed by atoms with E-state index in [-0.39, 0.29) is 18.1 Å². The number of benzene rings is 1. The second-order valence-corrected chi connectivity index (χ2v) is 3.24. The fourth-order valence-corrected chi connectivity index (χ4v) is 1.24. The summed E-state index contributed by atoms with van der Waals surface area (Å²) in [4.78, 5) is 22.2. The van der Waals surface area contributed by atoms with Gasteiger partial charge in [0, 0.05) is 31.1 Å². The molecule has 80 valence electrons. The van der Waals surface area contributed by atoms with Crippen molar-refractivity contribution in [1.82, 2.24) is 5.32 Å². The van der Waals surface area contributed by atoms with E-state index in [1.54, 1.807) is 24.3 Å². The number of para-hydroxylation sites is 1. The Morgan fingerprint density at radius 2 is 2.00 bits per heavy atom. The molecule has 4 nitrogen and oxygen atoms in total. The average molecular weight is 206 g/mol. The summed E-state index contributed by atoms with van der Waals surface area (Å²) in [5.74, 6) is -0.189. The highest BCUT2D eigenvalue weighted by molar-refractivity contribution is 6.00. The summed E-state index contributed by atoms with van der Waals surface area (Å²) < 4.78 is 0. The van der Waals surface area contributed by atoms with E-state index in [0.717, 1.165) is 0 Å². The van der Waals surface area contributed by atoms with Crippen LogP contribution < -0.4 is 11.1 Å². The van der Waals surface area contributed by atoms with Crippen molar-refractivity contribution in [2.75, 3.05) is 12.3 Å². The number of carbonyl (C=O) groups is 2. The number of hydrogen-bond acceptors (Lipinski definition) is 3. The SMILES string of the molecule is CC(=O)NCCC(=O)c1ccccc1N. The van der Waals surface area contributed by atoms with E-state index in [4.69, 9.17) is 5.73 Å². The molecule has 0 aliphatic rings. The Balaban J connectivity index is 2.54. The number of hydrogen-bond donors (Lipinski definition) is 2. The van der Waals surface area contributed by atoms with Crippen LogP contribution in [-0.4, -0.2) is 18.2 Å². The maximum Gasteiger partial charge on any atom is 0.216 e. The summed E-state index contributed by atoms with van der Waals surface area (Å²) in [6.07, 6.45) is 0.272. The molecule has 1 aromatic carbocycles. The number of amides is 1. The zero-order valence-electron chi connectivity index (χ0n) is 8.62. The van der Waals surface area contributed by atoms with Gasteiger partial charge < -0.3 is 11.1 Å². The van der Waals surface area contributed by atoms with Gasteiger partial charge in [-0.15, -0.1) is 0 Å². The predicted molar refractivity (Wildman–Crippen MR) is 58.5 cm³/mol. The van der Waals surface area contributed by atoms with Crippen LogP contribution in [0, 0.1) is 0 Å². The van der Waals surface area contributed by atoms with Crippen LogP contribution in [0.15, 0.2) is 24.3 Å². The molecule has 0 spiro atoms. The molecular weight excluding hydrogens is 192 g/mol. The van der Waals surface area contributed by atoms with Crippen LogP contribution in [0.25, 0.3) is 0 Å². The maximum atomic E-state index is 11.6. The molecular formula is C11H14N2O2. The van der Waals surface area contributed by atoms with Gasteiger partial charge in [0.1, 0.15) is 0 Å². The fourth-order valence-electron chi connectivity index (χ4n) is 1.24. The third-order valence-electron chi connectivity index (χ3n) is 1.99. The van der Waals surface area contributed by atoms with Crippen molar-refractivity contribution in [2.24, 2.45) is 0 Å². The first-order valence-corrected chi connectivity index (χ1v) is 4.73. The Morgan fingerprint density at radius 1 is 1.33 bits per heavy atom. The molecule has 0 unspecified atom stereocenters. The third kappa shape index (κ3) is 3.42. The van der Waals surface area contributed by atoms with Crippen molar-refractivity contribution in [3.8, 4) is 0 Å². The standard InChI is InChI=1S/C11H14N2O2/c1-8(14)13-7-6-11(15)9-4-2-3-5-10(9)12/h2-5H,6-7,12H2,1H3,(H,13,14). The Hall–Kier alpha value is -1.84. The van der Waals surface area contributed by atoms with Gasteiger partial charge >= 0.3 is 0 Å². The van der Waals surface area contributed by atoms with E-state index in [1.807, 2.05) is 0 Å². The van der Waals surface area contributed by atoms with Crippen LogP contribution in [0.1, 0.15) is 23.7 Å². The van der Waals surface area contributed by atoms with Crippen LogP contribution in [0.5, 0.6) is 0 Å². The molecule has 0 aliphatic carbocycles. The molecule has 0 saturated heterocycles. The number of nitrogens with one attached hydrogen (secondary N) is 1. The molecule has 0 bridgehead atoms. The lowest BCUT2D eigenvalue weighted by molar-refractivity contribution is -0.118. The molecule has 1 amide bonds. The van der Waals surface area contributed by atoms with Crippen molar-refractivity contribution in [1.29, 1.82) is 0 Å². The van der Waals surface area contributed by atoms with Crippen molar-refractivity contribution in [3.05, 3.63) is 29.8 Å². The van der Waals surface area contributed by atoms with E-state index in [0.29, 0.717) is 17.8 Å². The zero-order chi connectivity index (χ0) is 11.3. The topological polar surface area (TPSA) is 72.2 Å². The van der Waals surface area contributed by atoms with Gasteiger partial charge in [-0.3, -0.25) is 9.59 Å². The zero-order valence-corrected chi connectivity index (χ0v) is 8.62. The molecule has 0 aliphatic heterocycles. The number of Topliss-reactive ketones (excluding diaryl/α,β-unsaturated/α-hetero) is 1. The summed E-state index contributed by atoms with van der Waals surface area (Å²) in [5, 5.41) is 2.57. The van der Waals surface area contributed by atoms with E-state index in [9.17, 15) is 9.59 Å². The number of anilines is 1. The third-order valence-corrected chi connectivity index (χ3v) is 1.99. The largest absolute Gasteiger partial charge is 0.398 e. The van der Waals surface area contributed by atoms with Crippen molar-refractivity contribution < 1.29 is 9.59 Å². The monoisotopic (exact) mass is 206 g/mol. The Labute approximate surface area is 88.5 Å². The molecule has 0 atom stereocenters. The maximum absolute atomic E-state index is 11.6. The summed E-state index contributed by atoms with van der Waals surface area (Å²) >= 11 is 0. The number of ketones is 1. The molecule has 15 heavy (non-hydrogen) atoms. The quantitative estimate of drug-likeness (QED) is 0.569. The van der Waals surface area contributed by atoms with Gasteiger partial charge in [0.25, 0.3) is 0 Å². The Morgan fingerprint density at radius 3 is 2.60 bits per heavy atom. The van der Waals surface area contributed by atoms with Crippen LogP contribution in [0.2, 0.25) is 0 Å². The molecule has 0 saturated carbocycles. The summed E-state index contributed by atoms with van der Waals surface area (Å²) in [6.45, 7) is 1.77. The van der Waals surface area contributed by atoms with Crippen LogP contribution >= 0.6 is 0 Å². The minimum absolute atomic E-state index is 0.0538. The minimum Gasteiger partial charge on any atom is -0.398 e. The molecule has 0 aromatic heterocycles. The molecule has 0 heterocycles. The first-order chi connectivity index (χ1) is 7.11. The van der Waals surface area contributed by atoms with Gasteiger partial charge in [-0.1, -0.05) is 12.1 Å². The molecule has 0 fully saturated rings. The lowest BCUT2D eigenvalue weighted by Gasteiger charge is -2.04. The second-order valence-electron chi connectivity index (χ2n) is 3.24. The normalized spacial score (nSPS) is 9.67. The van der Waals surface area contributed by atoms with E-state index in [2.05, 4.69) is 5.32 Å². The molecule has 0 radical (unpaired) electrons. The molecule has 4 heteroatoms. The van der Waals surface area contributed by atoms with Crippen molar-refractivity contribution in [3.63, 3.8) is 0 Å². The molecule has 1 aromatic rings. The van der Waals surface area contributed by atoms with Crippen LogP contribution in [0.4, 0.5) is 5.69 Å². The van der Waals surface area contributed by atoms with E-state index in [1.165, 1.54) is 6.92 Å². The highest BCUT2D eigenvalue weighted by Crippen LogP contribution is 2.12. The fraction of sp³-hybridized carbons (Fsp3) is 0.273. The molecule has 1 rings (SSSR count). The number of nitrogen functional groups attached to an aromatic ring is 1. The van der Waals surface area contributed by atoms with Crippen molar-refractivity contribution in [2.45, 2.75) is 13.3 Å².